The molecule has 0 atom stereocenters. The van der Waals surface area contributed by atoms with Gasteiger partial charge in [-0.3, -0.25) is 0 Å². The molecule has 1 N–H and O–H groups in total. The van der Waals surface area contributed by atoms with Crippen LogP contribution in [0.25, 0.3) is 0 Å². The van der Waals surface area contributed by atoms with E-state index in [-0.39, 0.29) is 0 Å². The van der Waals surface area contributed by atoms with Gasteiger partial charge in [0, 0.05) is 23.1 Å². The van der Waals surface area contributed by atoms with E-state index >= 15 is 0 Å². The number of ether oxygens (including phenoxy) is 1. The van der Waals surface area contributed by atoms with Gasteiger partial charge in [0.2, 0.25) is 0 Å². The summed E-state index contributed by atoms with van der Waals surface area (Å²) in [5.41, 5.74) is 2.19. The van der Waals surface area contributed by atoms with Gasteiger partial charge in [0.1, 0.15) is 12.4 Å². The van der Waals surface area contributed by atoms with Crippen LogP contribution < -0.4 is 10.1 Å². The van der Waals surface area contributed by atoms with E-state index in [4.69, 9.17) is 27.9 Å². The Morgan fingerprint density at radius 2 is 1.95 bits per heavy atom. The van der Waals surface area contributed by atoms with Gasteiger partial charge in [-0.05, 0) is 48.4 Å². The van der Waals surface area contributed by atoms with E-state index in [1.807, 2.05) is 43.3 Å². The summed E-state index contributed by atoms with van der Waals surface area (Å²) in [5, 5.41) is 4.71. The summed E-state index contributed by atoms with van der Waals surface area (Å²) < 4.78 is 5.66. The molecule has 0 radical (unpaired) electrons. The second-order valence-electron chi connectivity index (χ2n) is 4.58. The quantitative estimate of drug-likeness (QED) is 0.795. The lowest BCUT2D eigenvalue weighted by atomic mass is 10.2. The van der Waals surface area contributed by atoms with Crippen LogP contribution in [-0.4, -0.2) is 13.2 Å². The van der Waals surface area contributed by atoms with Gasteiger partial charge in [-0.1, -0.05) is 35.3 Å². The first kappa shape index (κ1) is 15.2. The van der Waals surface area contributed by atoms with Crippen LogP contribution in [0.1, 0.15) is 11.1 Å². The molecule has 4 heteroatoms. The second kappa shape index (κ2) is 7.53. The van der Waals surface area contributed by atoms with Gasteiger partial charge in [0.05, 0.1) is 0 Å². The first-order valence-corrected chi connectivity index (χ1v) is 7.25. The molecule has 2 aromatic carbocycles. The normalized spacial score (nSPS) is 10.6. The predicted molar refractivity (Wildman–Crippen MR) is 84.8 cm³/mol. The van der Waals surface area contributed by atoms with E-state index in [0.29, 0.717) is 18.2 Å². The number of nitrogens with one attached hydrogen (secondary N) is 1. The lowest BCUT2D eigenvalue weighted by Crippen LogP contribution is -2.20. The average molecular weight is 310 g/mol. The monoisotopic (exact) mass is 309 g/mol. The maximum absolute atomic E-state index is 6.09. The summed E-state index contributed by atoms with van der Waals surface area (Å²) >= 11 is 12.0. The van der Waals surface area contributed by atoms with Crippen LogP contribution in [0.2, 0.25) is 10.0 Å². The summed E-state index contributed by atoms with van der Waals surface area (Å²) in [7, 11) is 0. The lowest BCUT2D eigenvalue weighted by molar-refractivity contribution is 0.313. The fourth-order valence-corrected chi connectivity index (χ4v) is 2.23. The topological polar surface area (TPSA) is 21.3 Å². The number of hydrogen-bond acceptors (Lipinski definition) is 2. The van der Waals surface area contributed by atoms with Crippen molar-refractivity contribution in [2.45, 2.75) is 13.5 Å². The molecule has 0 heterocycles. The van der Waals surface area contributed by atoms with E-state index in [1.54, 1.807) is 6.07 Å². The van der Waals surface area contributed by atoms with Gasteiger partial charge in [-0.15, -0.1) is 0 Å². The summed E-state index contributed by atoms with van der Waals surface area (Å²) in [5.74, 6) is 0.896. The molecule has 20 heavy (non-hydrogen) atoms. The highest BCUT2D eigenvalue weighted by Crippen LogP contribution is 2.20. The fraction of sp³-hybridized carbons (Fsp3) is 0.250. The standard InChI is InChI=1S/C16H17Cl2NO/c1-12-3-2-4-15(9-12)20-8-7-19-11-13-10-14(17)5-6-16(13)18/h2-6,9-10,19H,7-8,11H2,1H3. The molecule has 0 unspecified atom stereocenters. The van der Waals surface area contributed by atoms with Gasteiger partial charge >= 0.3 is 0 Å². The summed E-state index contributed by atoms with van der Waals surface area (Å²) in [6.07, 6.45) is 0. The van der Waals surface area contributed by atoms with Crippen molar-refractivity contribution >= 4 is 23.2 Å². The van der Waals surface area contributed by atoms with Crippen LogP contribution in [-0.2, 0) is 6.54 Å². The molecule has 0 amide bonds. The van der Waals surface area contributed by atoms with Gasteiger partial charge in [0.15, 0.2) is 0 Å². The van der Waals surface area contributed by atoms with Crippen LogP contribution in [0.3, 0.4) is 0 Å². The Hall–Kier alpha value is -1.22. The molecule has 0 spiro atoms. The average Bonchev–Trinajstić information content (AvgIpc) is 2.42. The lowest BCUT2D eigenvalue weighted by Gasteiger charge is -2.09. The third-order valence-electron chi connectivity index (χ3n) is 2.86. The Balaban J connectivity index is 1.73. The smallest absolute Gasteiger partial charge is 0.119 e. The highest BCUT2D eigenvalue weighted by atomic mass is 35.5. The van der Waals surface area contributed by atoms with Gasteiger partial charge in [-0.2, -0.15) is 0 Å². The molecule has 0 saturated heterocycles. The third-order valence-corrected chi connectivity index (χ3v) is 3.46. The van der Waals surface area contributed by atoms with E-state index < -0.39 is 0 Å². The molecular weight excluding hydrogens is 293 g/mol. The highest BCUT2D eigenvalue weighted by Gasteiger charge is 2.01. The SMILES string of the molecule is Cc1cccc(OCCNCc2cc(Cl)ccc2Cl)c1. The molecule has 0 aliphatic heterocycles. The second-order valence-corrected chi connectivity index (χ2v) is 5.42. The zero-order valence-electron chi connectivity index (χ0n) is 11.3. The van der Waals surface area contributed by atoms with Crippen molar-refractivity contribution in [2.75, 3.05) is 13.2 Å². The number of benzene rings is 2. The first-order chi connectivity index (χ1) is 9.65. The summed E-state index contributed by atoms with van der Waals surface area (Å²) in [6.45, 7) is 4.08. The maximum Gasteiger partial charge on any atom is 0.119 e. The highest BCUT2D eigenvalue weighted by molar-refractivity contribution is 6.33. The van der Waals surface area contributed by atoms with Gasteiger partial charge < -0.3 is 10.1 Å². The van der Waals surface area contributed by atoms with Crippen molar-refractivity contribution in [3.05, 3.63) is 63.6 Å². The summed E-state index contributed by atoms with van der Waals surface area (Å²) in [4.78, 5) is 0. The van der Waals surface area contributed by atoms with Crippen LogP contribution in [0.4, 0.5) is 0 Å². The minimum absolute atomic E-state index is 0.613. The van der Waals surface area contributed by atoms with Crippen molar-refractivity contribution in [1.82, 2.24) is 5.32 Å². The molecule has 0 fully saturated rings. The Kier molecular flexibility index (Phi) is 5.72. The zero-order valence-corrected chi connectivity index (χ0v) is 12.8. The van der Waals surface area contributed by atoms with Gasteiger partial charge in [0.25, 0.3) is 0 Å². The minimum Gasteiger partial charge on any atom is -0.492 e. The molecule has 2 nitrogen and oxygen atoms in total. The third kappa shape index (κ3) is 4.71. The van der Waals surface area contributed by atoms with E-state index in [9.17, 15) is 0 Å². The van der Waals surface area contributed by atoms with Crippen molar-refractivity contribution in [3.63, 3.8) is 0 Å². The van der Waals surface area contributed by atoms with Crippen LogP contribution in [0.5, 0.6) is 5.75 Å². The zero-order chi connectivity index (χ0) is 14.4. The Morgan fingerprint density at radius 1 is 1.10 bits per heavy atom. The molecule has 0 aliphatic carbocycles. The molecule has 106 valence electrons. The number of rotatable bonds is 6. The molecule has 0 aromatic heterocycles. The number of halogens is 2. The van der Waals surface area contributed by atoms with Crippen molar-refractivity contribution in [2.24, 2.45) is 0 Å². The van der Waals surface area contributed by atoms with Crippen molar-refractivity contribution in [1.29, 1.82) is 0 Å². The van der Waals surface area contributed by atoms with E-state index in [1.165, 1.54) is 5.56 Å². The van der Waals surface area contributed by atoms with Gasteiger partial charge in [-0.25, -0.2) is 0 Å². The van der Waals surface area contributed by atoms with E-state index in [0.717, 1.165) is 22.9 Å². The van der Waals surface area contributed by atoms with Crippen LogP contribution >= 0.6 is 23.2 Å². The van der Waals surface area contributed by atoms with Crippen molar-refractivity contribution in [3.8, 4) is 5.75 Å². The largest absolute Gasteiger partial charge is 0.492 e. The summed E-state index contributed by atoms with van der Waals surface area (Å²) in [6, 6.07) is 13.5. The van der Waals surface area contributed by atoms with Crippen molar-refractivity contribution < 1.29 is 4.74 Å². The Labute approximate surface area is 129 Å². The van der Waals surface area contributed by atoms with Crippen LogP contribution in [0.15, 0.2) is 42.5 Å². The van der Waals surface area contributed by atoms with Crippen LogP contribution in [0, 0.1) is 6.92 Å². The Morgan fingerprint density at radius 3 is 2.75 bits per heavy atom. The molecule has 2 aromatic rings. The number of hydrogen-bond donors (Lipinski definition) is 1. The predicted octanol–water partition coefficient (Wildman–Crippen LogP) is 4.47. The minimum atomic E-state index is 0.613. The number of aryl methyl sites for hydroxylation is 1. The Bertz CT molecular complexity index is 572. The first-order valence-electron chi connectivity index (χ1n) is 6.49. The molecule has 0 saturated carbocycles. The molecular formula is C16H17Cl2NO. The molecule has 2 rings (SSSR count). The molecule has 0 aliphatic rings. The maximum atomic E-state index is 6.09. The molecule has 0 bridgehead atoms. The van der Waals surface area contributed by atoms with E-state index in [2.05, 4.69) is 5.32 Å². The fourth-order valence-electron chi connectivity index (χ4n) is 1.85.